The van der Waals surface area contributed by atoms with Gasteiger partial charge in [-0.3, -0.25) is 4.68 Å². The Morgan fingerprint density at radius 2 is 2.15 bits per heavy atom. The van der Waals surface area contributed by atoms with Gasteiger partial charge in [0.1, 0.15) is 6.00 Å². The molecule has 0 aliphatic carbocycles. The van der Waals surface area contributed by atoms with Gasteiger partial charge < -0.3 is 0 Å². The fourth-order valence-corrected chi connectivity index (χ4v) is 1.19. The average molecular weight is 213 g/mol. The van der Waals surface area contributed by atoms with Gasteiger partial charge in [0.05, 0.1) is 0 Å². The average Bonchev–Trinajstić information content (AvgIpc) is 2.45. The Labute approximate surface area is 78.3 Å². The summed E-state index contributed by atoms with van der Waals surface area (Å²) >= 11 is 5.41. The Morgan fingerprint density at radius 1 is 1.54 bits per heavy atom. The molecule has 6 heteroatoms. The van der Waals surface area contributed by atoms with Gasteiger partial charge in [0, 0.05) is 5.69 Å². The van der Waals surface area contributed by atoms with Crippen LogP contribution in [0.5, 0.6) is 0 Å². The van der Waals surface area contributed by atoms with E-state index < -0.39 is 11.9 Å². The summed E-state index contributed by atoms with van der Waals surface area (Å²) in [5.74, 6) is 0. The maximum atomic E-state index is 12.1. The number of aromatic nitrogens is 2. The number of aryl methyl sites for hydroxylation is 1. The molecular formula is C7H8ClF3N2. The van der Waals surface area contributed by atoms with Crippen molar-refractivity contribution in [3.8, 4) is 0 Å². The summed E-state index contributed by atoms with van der Waals surface area (Å²) in [6.07, 6.45) is -3.91. The third-order valence-electron chi connectivity index (χ3n) is 1.63. The highest BCUT2D eigenvalue weighted by atomic mass is 35.5. The molecule has 0 spiro atoms. The van der Waals surface area contributed by atoms with Crippen LogP contribution in [0.4, 0.5) is 13.2 Å². The van der Waals surface area contributed by atoms with E-state index in [0.717, 1.165) is 10.7 Å². The zero-order chi connectivity index (χ0) is 10.1. The van der Waals surface area contributed by atoms with Gasteiger partial charge in [0.2, 0.25) is 0 Å². The fraction of sp³-hybridized carbons (Fsp3) is 0.571. The van der Waals surface area contributed by atoms with Gasteiger partial charge in [-0.2, -0.15) is 18.3 Å². The summed E-state index contributed by atoms with van der Waals surface area (Å²) in [5, 5.41) is 3.33. The molecule has 2 nitrogen and oxygen atoms in total. The zero-order valence-electron chi connectivity index (χ0n) is 6.90. The van der Waals surface area contributed by atoms with Crippen LogP contribution < -0.4 is 0 Å². The molecule has 0 unspecified atom stereocenters. The largest absolute Gasteiger partial charge is 0.435 e. The molecule has 1 heterocycles. The van der Waals surface area contributed by atoms with Crippen LogP contribution >= 0.6 is 11.6 Å². The van der Waals surface area contributed by atoms with Crippen molar-refractivity contribution < 1.29 is 13.2 Å². The first-order valence-corrected chi connectivity index (χ1v) is 4.22. The highest BCUT2D eigenvalue weighted by Crippen LogP contribution is 2.28. The number of halogens is 4. The van der Waals surface area contributed by atoms with Gasteiger partial charge in [0.25, 0.3) is 0 Å². The van der Waals surface area contributed by atoms with Crippen LogP contribution in [0.1, 0.15) is 18.3 Å². The first kappa shape index (κ1) is 10.4. The topological polar surface area (TPSA) is 17.8 Å². The van der Waals surface area contributed by atoms with E-state index in [1.165, 1.54) is 0 Å². The first-order valence-electron chi connectivity index (χ1n) is 3.69. The summed E-state index contributed by atoms with van der Waals surface area (Å²) in [6.45, 7) is 1.75. The lowest BCUT2D eigenvalue weighted by atomic mass is 10.3. The van der Waals surface area contributed by atoms with E-state index in [4.69, 9.17) is 11.6 Å². The van der Waals surface area contributed by atoms with Crippen molar-refractivity contribution in [1.29, 1.82) is 0 Å². The lowest BCUT2D eigenvalue weighted by Gasteiger charge is -2.00. The Kier molecular flexibility index (Phi) is 2.85. The molecule has 1 aromatic rings. The standard InChI is InChI=1S/C7H8ClF3N2/c1-2-5-3-6(7(9,10)11)12-13(5)4-8/h3H,2,4H2,1H3. The molecule has 0 radical (unpaired) electrons. The monoisotopic (exact) mass is 212 g/mol. The molecule has 13 heavy (non-hydrogen) atoms. The second kappa shape index (κ2) is 3.57. The van der Waals surface area contributed by atoms with Crippen molar-refractivity contribution >= 4 is 11.6 Å². The van der Waals surface area contributed by atoms with Gasteiger partial charge in [-0.15, -0.1) is 11.6 Å². The summed E-state index contributed by atoms with van der Waals surface area (Å²) in [7, 11) is 0. The number of rotatable bonds is 2. The molecule has 0 aliphatic rings. The number of hydrogen-bond acceptors (Lipinski definition) is 1. The maximum Gasteiger partial charge on any atom is 0.435 e. The van der Waals surface area contributed by atoms with Crippen LogP contribution in [-0.4, -0.2) is 9.78 Å². The van der Waals surface area contributed by atoms with Crippen LogP contribution in [0.3, 0.4) is 0 Å². The van der Waals surface area contributed by atoms with Crippen molar-refractivity contribution in [2.45, 2.75) is 25.5 Å². The molecule has 1 rings (SSSR count). The Balaban J connectivity index is 3.07. The molecule has 0 aromatic carbocycles. The van der Waals surface area contributed by atoms with E-state index in [2.05, 4.69) is 5.10 Å². The van der Waals surface area contributed by atoms with E-state index in [-0.39, 0.29) is 6.00 Å². The highest BCUT2D eigenvalue weighted by molar-refractivity contribution is 6.15. The molecule has 0 aliphatic heterocycles. The normalized spacial score (nSPS) is 12.1. The summed E-state index contributed by atoms with van der Waals surface area (Å²) in [4.78, 5) is 0. The molecule has 0 N–H and O–H groups in total. The predicted octanol–water partition coefficient (Wildman–Crippen LogP) is 2.66. The molecule has 0 atom stereocenters. The molecule has 0 saturated heterocycles. The van der Waals surface area contributed by atoms with Gasteiger partial charge in [-0.05, 0) is 12.5 Å². The van der Waals surface area contributed by atoms with Crippen LogP contribution in [0.2, 0.25) is 0 Å². The van der Waals surface area contributed by atoms with E-state index in [0.29, 0.717) is 12.1 Å². The van der Waals surface area contributed by atoms with E-state index in [9.17, 15) is 13.2 Å². The molecule has 0 bridgehead atoms. The van der Waals surface area contributed by atoms with Crippen molar-refractivity contribution in [3.63, 3.8) is 0 Å². The summed E-state index contributed by atoms with van der Waals surface area (Å²) < 4.78 is 37.5. The smallest absolute Gasteiger partial charge is 0.254 e. The quantitative estimate of drug-likeness (QED) is 0.690. The second-order valence-corrected chi connectivity index (χ2v) is 2.73. The number of nitrogens with zero attached hydrogens (tertiary/aromatic N) is 2. The third-order valence-corrected chi connectivity index (χ3v) is 1.86. The minimum absolute atomic E-state index is 0.0563. The molecular weight excluding hydrogens is 205 g/mol. The Hall–Kier alpha value is -0.710. The van der Waals surface area contributed by atoms with Gasteiger partial charge in [0.15, 0.2) is 5.69 Å². The lowest BCUT2D eigenvalue weighted by Crippen LogP contribution is -2.07. The molecule has 0 amide bonds. The fourth-order valence-electron chi connectivity index (χ4n) is 0.982. The van der Waals surface area contributed by atoms with Gasteiger partial charge in [-0.25, -0.2) is 0 Å². The highest BCUT2D eigenvalue weighted by Gasteiger charge is 2.34. The predicted molar refractivity (Wildman–Crippen MR) is 42.5 cm³/mol. The Bertz CT molecular complexity index is 271. The first-order chi connectivity index (χ1) is 5.99. The molecule has 1 aromatic heterocycles. The SMILES string of the molecule is CCc1cc(C(F)(F)F)nn1CCl. The van der Waals surface area contributed by atoms with Crippen LogP contribution in [0, 0.1) is 0 Å². The molecule has 0 fully saturated rings. The van der Waals surface area contributed by atoms with Gasteiger partial charge >= 0.3 is 6.18 Å². The number of alkyl halides is 4. The molecule has 74 valence electrons. The maximum absolute atomic E-state index is 12.1. The molecule has 0 saturated carbocycles. The zero-order valence-corrected chi connectivity index (χ0v) is 7.65. The van der Waals surface area contributed by atoms with Crippen LogP contribution in [0.25, 0.3) is 0 Å². The van der Waals surface area contributed by atoms with Crippen molar-refractivity contribution in [3.05, 3.63) is 17.5 Å². The lowest BCUT2D eigenvalue weighted by molar-refractivity contribution is -0.141. The van der Waals surface area contributed by atoms with Crippen LogP contribution in [0.15, 0.2) is 6.07 Å². The van der Waals surface area contributed by atoms with Crippen molar-refractivity contribution in [1.82, 2.24) is 9.78 Å². The van der Waals surface area contributed by atoms with E-state index >= 15 is 0 Å². The Morgan fingerprint density at radius 3 is 2.46 bits per heavy atom. The van der Waals surface area contributed by atoms with Crippen LogP contribution in [-0.2, 0) is 18.6 Å². The van der Waals surface area contributed by atoms with E-state index in [1.54, 1.807) is 6.92 Å². The second-order valence-electron chi connectivity index (χ2n) is 2.49. The van der Waals surface area contributed by atoms with Gasteiger partial charge in [-0.1, -0.05) is 6.92 Å². The summed E-state index contributed by atoms with van der Waals surface area (Å²) in [5.41, 5.74) is -0.396. The minimum Gasteiger partial charge on any atom is -0.254 e. The number of hydrogen-bond donors (Lipinski definition) is 0. The van der Waals surface area contributed by atoms with E-state index in [1.807, 2.05) is 0 Å². The van der Waals surface area contributed by atoms with Crippen molar-refractivity contribution in [2.24, 2.45) is 0 Å². The third kappa shape index (κ3) is 2.15. The van der Waals surface area contributed by atoms with Crippen molar-refractivity contribution in [2.75, 3.05) is 0 Å². The summed E-state index contributed by atoms with van der Waals surface area (Å²) in [6, 6.07) is 0.960. The minimum atomic E-state index is -4.39.